The Hall–Kier alpha value is -2.07. The Kier molecular flexibility index (Phi) is 2.97. The summed E-state index contributed by atoms with van der Waals surface area (Å²) in [5.41, 5.74) is 1.10. The lowest BCUT2D eigenvalue weighted by Crippen LogP contribution is -1.98. The van der Waals surface area contributed by atoms with E-state index in [1.165, 1.54) is 24.4 Å². The summed E-state index contributed by atoms with van der Waals surface area (Å²) in [6, 6.07) is 7.76. The van der Waals surface area contributed by atoms with E-state index in [2.05, 4.69) is 4.98 Å². The summed E-state index contributed by atoms with van der Waals surface area (Å²) in [7, 11) is 0. The zero-order valence-electron chi connectivity index (χ0n) is 8.59. The van der Waals surface area contributed by atoms with Crippen LogP contribution in [-0.2, 0) is 0 Å². The molecular formula is C12H8ClNO3. The number of pyridine rings is 1. The lowest BCUT2D eigenvalue weighted by Gasteiger charge is -2.04. The molecule has 0 aliphatic carbocycles. The third kappa shape index (κ3) is 2.37. The lowest BCUT2D eigenvalue weighted by molar-refractivity contribution is 0.0696. The second-order valence-electron chi connectivity index (χ2n) is 3.41. The number of aromatic carboxylic acids is 1. The average molecular weight is 250 g/mol. The van der Waals surface area contributed by atoms with Gasteiger partial charge < -0.3 is 10.2 Å². The molecule has 1 heterocycles. The molecule has 0 radical (unpaired) electrons. The van der Waals surface area contributed by atoms with E-state index in [1.54, 1.807) is 12.1 Å². The minimum Gasteiger partial charge on any atom is -0.508 e. The molecule has 2 rings (SSSR count). The number of aromatic nitrogens is 1. The van der Waals surface area contributed by atoms with Gasteiger partial charge in [-0.05, 0) is 18.2 Å². The molecule has 17 heavy (non-hydrogen) atoms. The van der Waals surface area contributed by atoms with Gasteiger partial charge in [0.2, 0.25) is 0 Å². The molecule has 5 heteroatoms. The Morgan fingerprint density at radius 3 is 2.65 bits per heavy atom. The fraction of sp³-hybridized carbons (Fsp3) is 0. The SMILES string of the molecule is O=C(O)c1cnc(-c2cccc(O)c2)c(Cl)c1. The molecule has 0 saturated carbocycles. The van der Waals surface area contributed by atoms with Crippen molar-refractivity contribution >= 4 is 17.6 Å². The van der Waals surface area contributed by atoms with Crippen LogP contribution in [0.2, 0.25) is 5.02 Å². The molecule has 2 aromatic rings. The molecule has 0 saturated heterocycles. The molecule has 2 N–H and O–H groups in total. The van der Waals surface area contributed by atoms with Crippen LogP contribution in [0.15, 0.2) is 36.5 Å². The molecule has 0 spiro atoms. The van der Waals surface area contributed by atoms with Crippen molar-refractivity contribution in [3.8, 4) is 17.0 Å². The van der Waals surface area contributed by atoms with Gasteiger partial charge in [-0.1, -0.05) is 23.7 Å². The molecule has 0 aliphatic heterocycles. The van der Waals surface area contributed by atoms with E-state index in [0.717, 1.165) is 0 Å². The summed E-state index contributed by atoms with van der Waals surface area (Å²) in [6.07, 6.45) is 1.23. The Morgan fingerprint density at radius 1 is 1.29 bits per heavy atom. The minimum absolute atomic E-state index is 0.0268. The number of nitrogens with zero attached hydrogens (tertiary/aromatic N) is 1. The van der Waals surface area contributed by atoms with E-state index >= 15 is 0 Å². The first-order valence-corrected chi connectivity index (χ1v) is 5.14. The zero-order valence-corrected chi connectivity index (χ0v) is 9.35. The second-order valence-corrected chi connectivity index (χ2v) is 3.82. The smallest absolute Gasteiger partial charge is 0.337 e. The fourth-order valence-electron chi connectivity index (χ4n) is 1.42. The van der Waals surface area contributed by atoms with E-state index in [1.807, 2.05) is 0 Å². The van der Waals surface area contributed by atoms with E-state index in [-0.39, 0.29) is 16.3 Å². The molecule has 1 aromatic carbocycles. The Morgan fingerprint density at radius 2 is 2.06 bits per heavy atom. The van der Waals surface area contributed by atoms with Crippen LogP contribution in [0.3, 0.4) is 0 Å². The van der Waals surface area contributed by atoms with Crippen molar-refractivity contribution in [2.45, 2.75) is 0 Å². The van der Waals surface area contributed by atoms with Crippen molar-refractivity contribution in [2.75, 3.05) is 0 Å². The van der Waals surface area contributed by atoms with Crippen LogP contribution in [0, 0.1) is 0 Å². The van der Waals surface area contributed by atoms with Crippen LogP contribution in [0.4, 0.5) is 0 Å². The Bertz CT molecular complexity index is 584. The van der Waals surface area contributed by atoms with Crippen molar-refractivity contribution in [2.24, 2.45) is 0 Å². The summed E-state index contributed by atoms with van der Waals surface area (Å²) >= 11 is 5.95. The summed E-state index contributed by atoms with van der Waals surface area (Å²) in [6.45, 7) is 0. The van der Waals surface area contributed by atoms with Gasteiger partial charge in [-0.25, -0.2) is 4.79 Å². The second kappa shape index (κ2) is 4.43. The molecule has 86 valence electrons. The molecule has 0 aliphatic rings. The molecule has 0 unspecified atom stereocenters. The number of carbonyl (C=O) groups is 1. The summed E-state index contributed by atoms with van der Waals surface area (Å²) < 4.78 is 0. The van der Waals surface area contributed by atoms with Crippen LogP contribution in [0.25, 0.3) is 11.3 Å². The number of carboxylic acids is 1. The van der Waals surface area contributed by atoms with Crippen molar-refractivity contribution in [3.63, 3.8) is 0 Å². The normalized spacial score (nSPS) is 10.2. The number of carboxylic acid groups (broad SMARTS) is 1. The average Bonchev–Trinajstić information content (AvgIpc) is 2.28. The van der Waals surface area contributed by atoms with Gasteiger partial charge in [0.15, 0.2) is 0 Å². The van der Waals surface area contributed by atoms with Crippen LogP contribution in [0.1, 0.15) is 10.4 Å². The molecule has 0 bridgehead atoms. The quantitative estimate of drug-likeness (QED) is 0.859. The topological polar surface area (TPSA) is 70.4 Å². The highest BCUT2D eigenvalue weighted by atomic mass is 35.5. The predicted octanol–water partition coefficient (Wildman–Crippen LogP) is 2.81. The number of aromatic hydroxyl groups is 1. The van der Waals surface area contributed by atoms with E-state index in [0.29, 0.717) is 11.3 Å². The van der Waals surface area contributed by atoms with E-state index in [4.69, 9.17) is 16.7 Å². The first kappa shape index (κ1) is 11.4. The van der Waals surface area contributed by atoms with Crippen molar-refractivity contribution in [1.82, 2.24) is 4.98 Å². The summed E-state index contributed by atoms with van der Waals surface area (Å²) in [5, 5.41) is 18.4. The molecular weight excluding hydrogens is 242 g/mol. The van der Waals surface area contributed by atoms with Crippen LogP contribution in [0.5, 0.6) is 5.75 Å². The monoisotopic (exact) mass is 249 g/mol. The number of phenolic OH excluding ortho intramolecular Hbond substituents is 1. The standard InChI is InChI=1S/C12H8ClNO3/c13-10-5-8(12(16)17)6-14-11(10)7-2-1-3-9(15)4-7/h1-6,15H,(H,16,17). The fourth-order valence-corrected chi connectivity index (χ4v) is 1.70. The molecule has 0 amide bonds. The van der Waals surface area contributed by atoms with Crippen molar-refractivity contribution in [1.29, 1.82) is 0 Å². The third-order valence-corrected chi connectivity index (χ3v) is 2.50. The predicted molar refractivity (Wildman–Crippen MR) is 63.3 cm³/mol. The number of phenols is 1. The van der Waals surface area contributed by atoms with Gasteiger partial charge in [0.05, 0.1) is 16.3 Å². The Labute approximate surface area is 102 Å². The maximum atomic E-state index is 10.7. The Balaban J connectivity index is 2.50. The minimum atomic E-state index is -1.08. The van der Waals surface area contributed by atoms with Crippen LogP contribution >= 0.6 is 11.6 Å². The summed E-state index contributed by atoms with van der Waals surface area (Å²) in [4.78, 5) is 14.7. The summed E-state index contributed by atoms with van der Waals surface area (Å²) in [5.74, 6) is -0.982. The van der Waals surface area contributed by atoms with E-state index in [9.17, 15) is 9.90 Å². The van der Waals surface area contributed by atoms with Crippen molar-refractivity contribution in [3.05, 3.63) is 47.1 Å². The van der Waals surface area contributed by atoms with Gasteiger partial charge in [-0.15, -0.1) is 0 Å². The third-order valence-electron chi connectivity index (χ3n) is 2.21. The molecule has 1 aromatic heterocycles. The number of hydrogen-bond donors (Lipinski definition) is 2. The van der Waals surface area contributed by atoms with Gasteiger partial charge in [0.25, 0.3) is 0 Å². The van der Waals surface area contributed by atoms with Gasteiger partial charge in [0.1, 0.15) is 5.75 Å². The molecule has 0 atom stereocenters. The molecule has 4 nitrogen and oxygen atoms in total. The highest BCUT2D eigenvalue weighted by Gasteiger charge is 2.10. The maximum Gasteiger partial charge on any atom is 0.337 e. The van der Waals surface area contributed by atoms with Gasteiger partial charge in [0, 0.05) is 11.8 Å². The highest BCUT2D eigenvalue weighted by molar-refractivity contribution is 6.33. The van der Waals surface area contributed by atoms with E-state index < -0.39 is 5.97 Å². The number of benzene rings is 1. The molecule has 0 fully saturated rings. The van der Waals surface area contributed by atoms with Gasteiger partial charge in [-0.3, -0.25) is 4.98 Å². The van der Waals surface area contributed by atoms with Crippen molar-refractivity contribution < 1.29 is 15.0 Å². The van der Waals surface area contributed by atoms with Gasteiger partial charge in [-0.2, -0.15) is 0 Å². The van der Waals surface area contributed by atoms with Crippen LogP contribution < -0.4 is 0 Å². The first-order valence-electron chi connectivity index (χ1n) is 4.76. The highest BCUT2D eigenvalue weighted by Crippen LogP contribution is 2.28. The maximum absolute atomic E-state index is 10.7. The lowest BCUT2D eigenvalue weighted by atomic mass is 10.1. The first-order chi connectivity index (χ1) is 8.08. The largest absolute Gasteiger partial charge is 0.508 e. The zero-order chi connectivity index (χ0) is 12.4. The number of hydrogen-bond acceptors (Lipinski definition) is 3. The van der Waals surface area contributed by atoms with Crippen LogP contribution in [-0.4, -0.2) is 21.2 Å². The van der Waals surface area contributed by atoms with Gasteiger partial charge >= 0.3 is 5.97 Å². The number of halogens is 1. The number of rotatable bonds is 2.